The summed E-state index contributed by atoms with van der Waals surface area (Å²) in [6.07, 6.45) is 3.40. The third-order valence-electron chi connectivity index (χ3n) is 4.44. The van der Waals surface area contributed by atoms with E-state index in [2.05, 4.69) is 41.2 Å². The molecular weight excluding hydrogens is 264 g/mol. The maximum absolute atomic E-state index is 12.1. The number of carbonyl (C=O) groups is 1. The number of likely N-dealkylation sites (N-methyl/N-ethyl adjacent to an activating group) is 1. The van der Waals surface area contributed by atoms with Crippen LogP contribution in [0.3, 0.4) is 0 Å². The van der Waals surface area contributed by atoms with Crippen LogP contribution in [0.1, 0.15) is 62.1 Å². The Morgan fingerprint density at radius 3 is 2.86 bits per heavy atom. The predicted molar refractivity (Wildman–Crippen MR) is 83.3 cm³/mol. The molecule has 0 saturated carbocycles. The smallest absolute Gasteiger partial charge is 0.271 e. The van der Waals surface area contributed by atoms with E-state index in [1.165, 1.54) is 6.42 Å². The Kier molecular flexibility index (Phi) is 5.67. The number of carbonyl (C=O) groups excluding carboxylic acids is 1. The Morgan fingerprint density at radius 1 is 1.43 bits per heavy atom. The molecule has 0 bridgehead atoms. The fourth-order valence-corrected chi connectivity index (χ4v) is 2.78. The molecule has 1 saturated heterocycles. The van der Waals surface area contributed by atoms with Crippen molar-refractivity contribution in [3.63, 3.8) is 0 Å². The van der Waals surface area contributed by atoms with Crippen LogP contribution >= 0.6 is 0 Å². The van der Waals surface area contributed by atoms with Crippen LogP contribution in [0, 0.1) is 0 Å². The molecule has 0 spiro atoms. The number of likely N-dealkylation sites (tertiary alicyclic amines) is 1. The molecule has 1 aliphatic heterocycles. The summed E-state index contributed by atoms with van der Waals surface area (Å²) in [6, 6.07) is 4.14. The zero-order valence-corrected chi connectivity index (χ0v) is 13.3. The lowest BCUT2D eigenvalue weighted by Crippen LogP contribution is -2.40. The first kappa shape index (κ1) is 15.9. The minimum absolute atomic E-state index is 0.124. The second-order valence-electron chi connectivity index (χ2n) is 5.79. The van der Waals surface area contributed by atoms with Gasteiger partial charge in [-0.05, 0) is 50.4 Å². The van der Waals surface area contributed by atoms with Crippen LogP contribution < -0.4 is 5.32 Å². The van der Waals surface area contributed by atoms with Crippen LogP contribution in [0.4, 0.5) is 0 Å². The first-order chi connectivity index (χ1) is 10.2. The van der Waals surface area contributed by atoms with Crippen molar-refractivity contribution in [3.8, 4) is 0 Å². The van der Waals surface area contributed by atoms with E-state index >= 15 is 0 Å². The molecule has 1 fully saturated rings. The van der Waals surface area contributed by atoms with Gasteiger partial charge < -0.3 is 5.32 Å². The largest absolute Gasteiger partial charge is 0.349 e. The van der Waals surface area contributed by atoms with Gasteiger partial charge in [-0.3, -0.25) is 9.69 Å². The third-order valence-corrected chi connectivity index (χ3v) is 4.44. The molecule has 0 aromatic carbocycles. The van der Waals surface area contributed by atoms with Gasteiger partial charge in [-0.15, -0.1) is 5.10 Å². The van der Waals surface area contributed by atoms with E-state index in [9.17, 15) is 4.79 Å². The Balaban J connectivity index is 1.88. The topological polar surface area (TPSA) is 58.1 Å². The van der Waals surface area contributed by atoms with E-state index in [0.717, 1.165) is 31.6 Å². The van der Waals surface area contributed by atoms with Crippen molar-refractivity contribution in [3.05, 3.63) is 23.5 Å². The average molecular weight is 290 g/mol. The first-order valence-electron chi connectivity index (χ1n) is 8.01. The highest BCUT2D eigenvalue weighted by molar-refractivity contribution is 5.92. The molecular formula is C16H26N4O. The molecule has 2 unspecified atom stereocenters. The summed E-state index contributed by atoms with van der Waals surface area (Å²) in [4.78, 5) is 14.5. The van der Waals surface area contributed by atoms with E-state index in [0.29, 0.717) is 24.2 Å². The molecule has 1 aliphatic rings. The Hall–Kier alpha value is -1.49. The number of nitrogens with zero attached hydrogens (tertiary/aromatic N) is 3. The van der Waals surface area contributed by atoms with E-state index in [1.807, 2.05) is 6.07 Å². The SMILES string of the molecule is CCC(C)c1ccc(C(=O)NCC2CCCN2CC)nn1. The maximum atomic E-state index is 12.1. The Labute approximate surface area is 127 Å². The predicted octanol–water partition coefficient (Wildman–Crippen LogP) is 2.20. The summed E-state index contributed by atoms with van der Waals surface area (Å²) in [5.74, 6) is 0.257. The van der Waals surface area contributed by atoms with E-state index < -0.39 is 0 Å². The van der Waals surface area contributed by atoms with Gasteiger partial charge in [0, 0.05) is 12.6 Å². The van der Waals surface area contributed by atoms with Crippen molar-refractivity contribution in [2.75, 3.05) is 19.6 Å². The highest BCUT2D eigenvalue weighted by Gasteiger charge is 2.23. The average Bonchev–Trinajstić information content (AvgIpc) is 2.99. The van der Waals surface area contributed by atoms with Crippen LogP contribution in [0.15, 0.2) is 12.1 Å². The van der Waals surface area contributed by atoms with Gasteiger partial charge in [0.2, 0.25) is 0 Å². The fourth-order valence-electron chi connectivity index (χ4n) is 2.78. The highest BCUT2D eigenvalue weighted by atomic mass is 16.1. The molecule has 0 radical (unpaired) electrons. The normalized spacial score (nSPS) is 20.4. The van der Waals surface area contributed by atoms with Gasteiger partial charge in [0.1, 0.15) is 0 Å². The number of rotatable bonds is 6. The summed E-state index contributed by atoms with van der Waals surface area (Å²) in [5.41, 5.74) is 1.35. The van der Waals surface area contributed by atoms with Crippen LogP contribution in [-0.2, 0) is 0 Å². The summed E-state index contributed by atoms with van der Waals surface area (Å²) < 4.78 is 0. The molecule has 1 aromatic heterocycles. The number of hydrogen-bond acceptors (Lipinski definition) is 4. The molecule has 21 heavy (non-hydrogen) atoms. The zero-order valence-electron chi connectivity index (χ0n) is 13.3. The van der Waals surface area contributed by atoms with Gasteiger partial charge in [0.15, 0.2) is 5.69 Å². The quantitative estimate of drug-likeness (QED) is 0.872. The van der Waals surface area contributed by atoms with Crippen LogP contribution in [0.5, 0.6) is 0 Å². The standard InChI is InChI=1S/C16H26N4O/c1-4-12(3)14-8-9-15(19-18-14)16(21)17-11-13-7-6-10-20(13)5-2/h8-9,12-13H,4-7,10-11H2,1-3H3,(H,17,21). The molecule has 2 rings (SSSR count). The van der Waals surface area contributed by atoms with Gasteiger partial charge >= 0.3 is 0 Å². The van der Waals surface area contributed by atoms with E-state index in [1.54, 1.807) is 6.07 Å². The van der Waals surface area contributed by atoms with Crippen molar-refractivity contribution in [2.45, 2.75) is 52.0 Å². The van der Waals surface area contributed by atoms with Crippen LogP contribution in [-0.4, -0.2) is 46.7 Å². The molecule has 1 amide bonds. The molecule has 1 N–H and O–H groups in total. The lowest BCUT2D eigenvalue weighted by Gasteiger charge is -2.22. The molecule has 2 atom stereocenters. The van der Waals surface area contributed by atoms with Crippen molar-refractivity contribution >= 4 is 5.91 Å². The van der Waals surface area contributed by atoms with Gasteiger partial charge in [0.25, 0.3) is 5.91 Å². The Morgan fingerprint density at radius 2 is 2.24 bits per heavy atom. The van der Waals surface area contributed by atoms with Gasteiger partial charge in [0.05, 0.1) is 5.69 Å². The number of amides is 1. The van der Waals surface area contributed by atoms with Crippen molar-refractivity contribution < 1.29 is 4.79 Å². The number of hydrogen-bond donors (Lipinski definition) is 1. The Bertz CT molecular complexity index is 460. The minimum Gasteiger partial charge on any atom is -0.349 e. The second-order valence-corrected chi connectivity index (χ2v) is 5.79. The summed E-state index contributed by atoms with van der Waals surface area (Å²) >= 11 is 0. The molecule has 116 valence electrons. The minimum atomic E-state index is -0.124. The van der Waals surface area contributed by atoms with E-state index in [-0.39, 0.29) is 5.91 Å². The van der Waals surface area contributed by atoms with Crippen molar-refractivity contribution in [1.29, 1.82) is 0 Å². The number of nitrogens with one attached hydrogen (secondary N) is 1. The molecule has 1 aromatic rings. The van der Waals surface area contributed by atoms with Gasteiger partial charge in [-0.25, -0.2) is 0 Å². The monoisotopic (exact) mass is 290 g/mol. The van der Waals surface area contributed by atoms with Crippen molar-refractivity contribution in [1.82, 2.24) is 20.4 Å². The molecule has 5 nitrogen and oxygen atoms in total. The van der Waals surface area contributed by atoms with Crippen molar-refractivity contribution in [2.24, 2.45) is 0 Å². The van der Waals surface area contributed by atoms with Crippen LogP contribution in [0.25, 0.3) is 0 Å². The number of aromatic nitrogens is 2. The van der Waals surface area contributed by atoms with E-state index in [4.69, 9.17) is 0 Å². The molecule has 2 heterocycles. The zero-order chi connectivity index (χ0) is 15.2. The second kappa shape index (κ2) is 7.50. The summed E-state index contributed by atoms with van der Waals surface area (Å²) in [7, 11) is 0. The highest BCUT2D eigenvalue weighted by Crippen LogP contribution is 2.16. The first-order valence-corrected chi connectivity index (χ1v) is 8.01. The summed E-state index contributed by atoms with van der Waals surface area (Å²) in [5, 5.41) is 11.2. The third kappa shape index (κ3) is 4.00. The van der Waals surface area contributed by atoms with Gasteiger partial charge in [-0.2, -0.15) is 5.10 Å². The fraction of sp³-hybridized carbons (Fsp3) is 0.688. The van der Waals surface area contributed by atoms with Gasteiger partial charge in [-0.1, -0.05) is 20.8 Å². The lowest BCUT2D eigenvalue weighted by molar-refractivity contribution is 0.0935. The molecule has 5 heteroatoms. The molecule has 0 aliphatic carbocycles. The maximum Gasteiger partial charge on any atom is 0.271 e. The van der Waals surface area contributed by atoms with Crippen LogP contribution in [0.2, 0.25) is 0 Å². The summed E-state index contributed by atoms with van der Waals surface area (Å²) in [6.45, 7) is 9.28. The lowest BCUT2D eigenvalue weighted by atomic mass is 10.1.